The third-order valence-electron chi connectivity index (χ3n) is 2.82. The summed E-state index contributed by atoms with van der Waals surface area (Å²) in [5, 5.41) is 16.9. The van der Waals surface area contributed by atoms with Crippen LogP contribution in [0.25, 0.3) is 0 Å². The molecule has 100 valence electrons. The molecular weight excluding hydrogens is 282 g/mol. The van der Waals surface area contributed by atoms with Crippen molar-refractivity contribution in [1.82, 2.24) is 5.32 Å². The third-order valence-corrected chi connectivity index (χ3v) is 3.93. The summed E-state index contributed by atoms with van der Waals surface area (Å²) in [7, 11) is 0. The van der Waals surface area contributed by atoms with Gasteiger partial charge in [0.15, 0.2) is 0 Å². The summed E-state index contributed by atoms with van der Waals surface area (Å²) in [5.41, 5.74) is 2.23. The van der Waals surface area contributed by atoms with Crippen molar-refractivity contribution >= 4 is 28.8 Å². The van der Waals surface area contributed by atoms with Gasteiger partial charge in [-0.15, -0.1) is 0 Å². The predicted molar refractivity (Wildman–Crippen MR) is 77.8 cm³/mol. The minimum atomic E-state index is -0.684. The van der Waals surface area contributed by atoms with Gasteiger partial charge in [-0.3, -0.25) is 4.79 Å². The van der Waals surface area contributed by atoms with Gasteiger partial charge in [-0.1, -0.05) is 17.7 Å². The molecule has 1 amide bonds. The van der Waals surface area contributed by atoms with Crippen LogP contribution in [0.4, 0.5) is 0 Å². The second-order valence-electron chi connectivity index (χ2n) is 4.25. The topological polar surface area (TPSA) is 49.3 Å². The van der Waals surface area contributed by atoms with E-state index in [1.54, 1.807) is 18.2 Å². The van der Waals surface area contributed by atoms with Crippen LogP contribution >= 0.6 is 22.9 Å². The van der Waals surface area contributed by atoms with Crippen LogP contribution < -0.4 is 5.32 Å². The van der Waals surface area contributed by atoms with Crippen LogP contribution in [-0.4, -0.2) is 17.6 Å². The van der Waals surface area contributed by atoms with Crippen molar-refractivity contribution in [1.29, 1.82) is 0 Å². The fourth-order valence-corrected chi connectivity index (χ4v) is 2.50. The van der Waals surface area contributed by atoms with E-state index in [-0.39, 0.29) is 12.5 Å². The van der Waals surface area contributed by atoms with Gasteiger partial charge in [-0.25, -0.2) is 0 Å². The molecule has 0 fully saturated rings. The first-order valence-electron chi connectivity index (χ1n) is 5.82. The largest absolute Gasteiger partial charge is 0.387 e. The zero-order valence-corrected chi connectivity index (χ0v) is 12.0. The average Bonchev–Trinajstić information content (AvgIpc) is 2.92. The van der Waals surface area contributed by atoms with E-state index >= 15 is 0 Å². The maximum atomic E-state index is 11.9. The lowest BCUT2D eigenvalue weighted by Gasteiger charge is -2.11. The molecule has 3 nitrogen and oxygen atoms in total. The van der Waals surface area contributed by atoms with Gasteiger partial charge in [0, 0.05) is 17.1 Å². The number of benzene rings is 1. The first-order chi connectivity index (χ1) is 9.08. The normalized spacial score (nSPS) is 12.2. The molecule has 0 radical (unpaired) electrons. The van der Waals surface area contributed by atoms with E-state index in [0.717, 1.165) is 11.1 Å². The highest BCUT2D eigenvalue weighted by Gasteiger charge is 2.11. The van der Waals surface area contributed by atoms with Crippen molar-refractivity contribution in [2.45, 2.75) is 13.0 Å². The number of aliphatic hydroxyl groups is 1. The number of nitrogens with one attached hydrogen (secondary N) is 1. The SMILES string of the molecule is Cc1ccc(C(=O)NCC(O)c2ccsc2)cc1Cl. The zero-order chi connectivity index (χ0) is 13.8. The minimum absolute atomic E-state index is 0.182. The van der Waals surface area contributed by atoms with Crippen molar-refractivity contribution in [3.8, 4) is 0 Å². The van der Waals surface area contributed by atoms with Gasteiger partial charge in [-0.2, -0.15) is 11.3 Å². The standard InChI is InChI=1S/C14H14ClNO2S/c1-9-2-3-10(6-12(9)15)14(18)16-7-13(17)11-4-5-19-8-11/h2-6,8,13,17H,7H2,1H3,(H,16,18). The Kier molecular flexibility index (Phi) is 4.58. The van der Waals surface area contributed by atoms with Gasteiger partial charge in [0.1, 0.15) is 0 Å². The molecule has 0 saturated carbocycles. The van der Waals surface area contributed by atoms with Crippen LogP contribution in [0.5, 0.6) is 0 Å². The van der Waals surface area contributed by atoms with E-state index in [1.807, 2.05) is 23.8 Å². The van der Waals surface area contributed by atoms with Crippen molar-refractivity contribution in [2.24, 2.45) is 0 Å². The smallest absolute Gasteiger partial charge is 0.251 e. The third kappa shape index (κ3) is 3.56. The lowest BCUT2D eigenvalue weighted by atomic mass is 10.1. The van der Waals surface area contributed by atoms with E-state index in [4.69, 9.17) is 11.6 Å². The molecule has 0 spiro atoms. The number of hydrogen-bond acceptors (Lipinski definition) is 3. The summed E-state index contributed by atoms with van der Waals surface area (Å²) >= 11 is 7.49. The number of hydrogen-bond donors (Lipinski definition) is 2. The average molecular weight is 296 g/mol. The molecule has 2 rings (SSSR count). The van der Waals surface area contributed by atoms with E-state index in [9.17, 15) is 9.90 Å². The maximum absolute atomic E-state index is 11.9. The van der Waals surface area contributed by atoms with Crippen LogP contribution in [0.1, 0.15) is 27.6 Å². The second-order valence-corrected chi connectivity index (χ2v) is 5.43. The van der Waals surface area contributed by atoms with Gasteiger partial charge in [0.05, 0.1) is 6.10 Å². The van der Waals surface area contributed by atoms with Crippen LogP contribution in [0.3, 0.4) is 0 Å². The predicted octanol–water partition coefficient (Wildman–Crippen LogP) is 3.17. The highest BCUT2D eigenvalue weighted by atomic mass is 35.5. The summed E-state index contributed by atoms with van der Waals surface area (Å²) in [6.45, 7) is 2.06. The van der Waals surface area contributed by atoms with Gasteiger partial charge < -0.3 is 10.4 Å². The molecule has 1 heterocycles. The summed E-state index contributed by atoms with van der Waals surface area (Å²) in [4.78, 5) is 11.9. The second kappa shape index (κ2) is 6.19. The molecule has 0 aliphatic rings. The molecule has 1 aromatic heterocycles. The number of thiophene rings is 1. The molecule has 1 aromatic carbocycles. The first-order valence-corrected chi connectivity index (χ1v) is 7.14. The summed E-state index contributed by atoms with van der Waals surface area (Å²) in [6, 6.07) is 6.98. The molecule has 2 aromatic rings. The quantitative estimate of drug-likeness (QED) is 0.910. The number of rotatable bonds is 4. The number of aliphatic hydroxyl groups excluding tert-OH is 1. The van der Waals surface area contributed by atoms with Crippen molar-refractivity contribution in [3.05, 3.63) is 56.7 Å². The number of carbonyl (C=O) groups is 1. The number of halogens is 1. The molecular formula is C14H14ClNO2S. The summed E-state index contributed by atoms with van der Waals surface area (Å²) in [5.74, 6) is -0.240. The highest BCUT2D eigenvalue weighted by Crippen LogP contribution is 2.17. The number of aryl methyl sites for hydroxylation is 1. The lowest BCUT2D eigenvalue weighted by molar-refractivity contribution is 0.0916. The van der Waals surface area contributed by atoms with Gasteiger partial charge in [0.2, 0.25) is 0 Å². The Labute approximate surface area is 120 Å². The Morgan fingerprint density at radius 3 is 2.89 bits per heavy atom. The Morgan fingerprint density at radius 1 is 1.47 bits per heavy atom. The van der Waals surface area contributed by atoms with Crippen molar-refractivity contribution < 1.29 is 9.90 Å². The number of amides is 1. The minimum Gasteiger partial charge on any atom is -0.387 e. The molecule has 0 aliphatic heterocycles. The molecule has 2 N–H and O–H groups in total. The fourth-order valence-electron chi connectivity index (χ4n) is 1.61. The first kappa shape index (κ1) is 14.1. The van der Waals surface area contributed by atoms with Crippen LogP contribution in [0.15, 0.2) is 35.0 Å². The monoisotopic (exact) mass is 295 g/mol. The van der Waals surface area contributed by atoms with E-state index < -0.39 is 6.10 Å². The Bertz CT molecular complexity index is 569. The molecule has 19 heavy (non-hydrogen) atoms. The maximum Gasteiger partial charge on any atom is 0.251 e. The fraction of sp³-hybridized carbons (Fsp3) is 0.214. The molecule has 1 atom stereocenters. The number of carbonyl (C=O) groups excluding carboxylic acids is 1. The van der Waals surface area contributed by atoms with E-state index in [1.165, 1.54) is 11.3 Å². The lowest BCUT2D eigenvalue weighted by Crippen LogP contribution is -2.28. The van der Waals surface area contributed by atoms with Crippen LogP contribution in [0.2, 0.25) is 5.02 Å². The Morgan fingerprint density at radius 2 is 2.26 bits per heavy atom. The molecule has 1 unspecified atom stereocenters. The van der Waals surface area contributed by atoms with Crippen molar-refractivity contribution in [2.75, 3.05) is 6.54 Å². The van der Waals surface area contributed by atoms with Crippen molar-refractivity contribution in [3.63, 3.8) is 0 Å². The molecule has 0 aliphatic carbocycles. The van der Waals surface area contributed by atoms with E-state index in [0.29, 0.717) is 10.6 Å². The van der Waals surface area contributed by atoms with Gasteiger partial charge in [0.25, 0.3) is 5.91 Å². The summed E-state index contributed by atoms with van der Waals surface area (Å²) < 4.78 is 0. The van der Waals surface area contributed by atoms with E-state index in [2.05, 4.69) is 5.32 Å². The Hall–Kier alpha value is -1.36. The molecule has 0 saturated heterocycles. The van der Waals surface area contributed by atoms with Crippen LogP contribution in [-0.2, 0) is 0 Å². The van der Waals surface area contributed by atoms with Crippen LogP contribution in [0, 0.1) is 6.92 Å². The molecule has 0 bridgehead atoms. The zero-order valence-electron chi connectivity index (χ0n) is 10.4. The Balaban J connectivity index is 1.96. The summed E-state index contributed by atoms with van der Waals surface area (Å²) in [6.07, 6.45) is -0.684. The molecule has 5 heteroatoms. The highest BCUT2D eigenvalue weighted by molar-refractivity contribution is 7.07. The van der Waals surface area contributed by atoms with Gasteiger partial charge >= 0.3 is 0 Å². The van der Waals surface area contributed by atoms with Gasteiger partial charge in [-0.05, 0) is 47.0 Å².